The van der Waals surface area contributed by atoms with Crippen LogP contribution in [0.1, 0.15) is 24.8 Å². The first-order valence-electron chi connectivity index (χ1n) is 7.92. The van der Waals surface area contributed by atoms with Gasteiger partial charge in [0.05, 0.1) is 13.2 Å². The number of carbonyl (C=O) groups excluding carboxylic acids is 1. The molecule has 1 saturated heterocycles. The van der Waals surface area contributed by atoms with Gasteiger partial charge in [-0.3, -0.25) is 9.69 Å². The predicted octanol–water partition coefficient (Wildman–Crippen LogP) is 2.39. The molecule has 0 aliphatic carbocycles. The van der Waals surface area contributed by atoms with Crippen LogP contribution in [0.5, 0.6) is 11.5 Å². The number of fused-ring (bicyclic) bond motifs is 1. The van der Waals surface area contributed by atoms with Crippen LogP contribution in [0.4, 0.5) is 0 Å². The highest BCUT2D eigenvalue weighted by molar-refractivity contribution is 5.89. The van der Waals surface area contributed by atoms with Crippen molar-refractivity contribution in [2.75, 3.05) is 13.7 Å². The summed E-state index contributed by atoms with van der Waals surface area (Å²) in [4.78, 5) is 13.8. The highest BCUT2D eigenvalue weighted by atomic mass is 16.5. The Balaban J connectivity index is 2.00. The van der Waals surface area contributed by atoms with Crippen molar-refractivity contribution in [3.63, 3.8) is 0 Å². The van der Waals surface area contributed by atoms with Crippen molar-refractivity contribution in [3.8, 4) is 11.5 Å². The molecular weight excluding hydrogens is 292 g/mol. The molecular formula is C18H22N2O3. The third-order valence-corrected chi connectivity index (χ3v) is 4.62. The van der Waals surface area contributed by atoms with E-state index in [1.54, 1.807) is 13.2 Å². The number of amides is 1. The van der Waals surface area contributed by atoms with E-state index in [0.29, 0.717) is 6.54 Å². The van der Waals surface area contributed by atoms with Crippen LogP contribution in [0.25, 0.3) is 10.8 Å². The number of carbonyl (C=O) groups is 1. The fourth-order valence-corrected chi connectivity index (χ4v) is 3.35. The van der Waals surface area contributed by atoms with Crippen LogP contribution in [0, 0.1) is 0 Å². The normalized spacial score (nSPS) is 18.9. The predicted molar refractivity (Wildman–Crippen MR) is 89.4 cm³/mol. The maximum atomic E-state index is 11.7. The summed E-state index contributed by atoms with van der Waals surface area (Å²) in [6, 6.07) is 9.12. The maximum absolute atomic E-state index is 11.7. The van der Waals surface area contributed by atoms with Gasteiger partial charge >= 0.3 is 0 Å². The summed E-state index contributed by atoms with van der Waals surface area (Å²) >= 11 is 0. The average molecular weight is 314 g/mol. The molecule has 0 radical (unpaired) electrons. The number of nitrogens with two attached hydrogens (primary N) is 1. The van der Waals surface area contributed by atoms with E-state index in [1.807, 2.05) is 24.3 Å². The molecule has 0 unspecified atom stereocenters. The lowest BCUT2D eigenvalue weighted by molar-refractivity contribution is -0.124. The molecule has 23 heavy (non-hydrogen) atoms. The lowest BCUT2D eigenvalue weighted by Gasteiger charge is -2.34. The van der Waals surface area contributed by atoms with E-state index in [-0.39, 0.29) is 17.7 Å². The molecule has 1 fully saturated rings. The van der Waals surface area contributed by atoms with Crippen molar-refractivity contribution in [3.05, 3.63) is 35.9 Å². The lowest BCUT2D eigenvalue weighted by atomic mass is 9.98. The van der Waals surface area contributed by atoms with E-state index in [9.17, 15) is 9.90 Å². The summed E-state index contributed by atoms with van der Waals surface area (Å²) in [5, 5.41) is 12.3. The number of ether oxygens (including phenoxy) is 1. The number of piperidine rings is 1. The standard InChI is InChI=1S/C18H22N2O3/c1-23-13-7-5-12-6-8-17(21)15(14(12)10-13)11-20-9-3-2-4-16(20)18(19)22/h5-8,10,16,21H,2-4,9,11H2,1H3,(H2,19,22)/t16-/m0/s1. The van der Waals surface area contributed by atoms with Gasteiger partial charge in [0.2, 0.25) is 5.91 Å². The first-order chi connectivity index (χ1) is 11.1. The second-order valence-corrected chi connectivity index (χ2v) is 6.03. The number of phenolic OH excluding ortho intramolecular Hbond substituents is 1. The van der Waals surface area contributed by atoms with E-state index in [2.05, 4.69) is 4.90 Å². The van der Waals surface area contributed by atoms with Gasteiger partial charge in [-0.1, -0.05) is 18.6 Å². The van der Waals surface area contributed by atoms with E-state index in [4.69, 9.17) is 10.5 Å². The van der Waals surface area contributed by atoms with Crippen molar-refractivity contribution in [2.45, 2.75) is 31.8 Å². The van der Waals surface area contributed by atoms with Crippen molar-refractivity contribution in [1.29, 1.82) is 0 Å². The Morgan fingerprint density at radius 2 is 2.13 bits per heavy atom. The second kappa shape index (κ2) is 6.46. The number of phenols is 1. The van der Waals surface area contributed by atoms with Crippen LogP contribution in [0.3, 0.4) is 0 Å². The number of benzene rings is 2. The number of likely N-dealkylation sites (tertiary alicyclic amines) is 1. The molecule has 2 aromatic rings. The molecule has 3 rings (SSSR count). The highest BCUT2D eigenvalue weighted by Crippen LogP contribution is 2.32. The Morgan fingerprint density at radius 3 is 2.87 bits per heavy atom. The highest BCUT2D eigenvalue weighted by Gasteiger charge is 2.27. The van der Waals surface area contributed by atoms with Gasteiger partial charge in [0.25, 0.3) is 0 Å². The Labute approximate surface area is 135 Å². The lowest BCUT2D eigenvalue weighted by Crippen LogP contribution is -2.47. The van der Waals surface area contributed by atoms with Crippen molar-refractivity contribution in [1.82, 2.24) is 4.90 Å². The van der Waals surface area contributed by atoms with Crippen LogP contribution < -0.4 is 10.5 Å². The quantitative estimate of drug-likeness (QED) is 0.908. The van der Waals surface area contributed by atoms with Gasteiger partial charge in [-0.05, 0) is 48.4 Å². The largest absolute Gasteiger partial charge is 0.508 e. The van der Waals surface area contributed by atoms with Gasteiger partial charge in [0.15, 0.2) is 0 Å². The minimum absolute atomic E-state index is 0.236. The smallest absolute Gasteiger partial charge is 0.234 e. The molecule has 0 bridgehead atoms. The fraction of sp³-hybridized carbons (Fsp3) is 0.389. The van der Waals surface area contributed by atoms with Crippen LogP contribution in [0.2, 0.25) is 0 Å². The zero-order valence-corrected chi connectivity index (χ0v) is 13.3. The summed E-state index contributed by atoms with van der Waals surface area (Å²) in [5.74, 6) is 0.691. The van der Waals surface area contributed by atoms with Gasteiger partial charge in [-0.25, -0.2) is 0 Å². The summed E-state index contributed by atoms with van der Waals surface area (Å²) in [5.41, 5.74) is 6.36. The monoisotopic (exact) mass is 314 g/mol. The fourth-order valence-electron chi connectivity index (χ4n) is 3.35. The minimum atomic E-state index is -0.290. The SMILES string of the molecule is COc1ccc2ccc(O)c(CN3CCCC[C@H]3C(N)=O)c2c1. The molecule has 1 aliphatic heterocycles. The zero-order chi connectivity index (χ0) is 16.4. The molecule has 1 amide bonds. The Bertz CT molecular complexity index is 730. The summed E-state index contributed by atoms with van der Waals surface area (Å²) in [6.07, 6.45) is 2.84. The maximum Gasteiger partial charge on any atom is 0.234 e. The molecule has 1 aliphatic rings. The van der Waals surface area contributed by atoms with Gasteiger partial charge in [0.1, 0.15) is 11.5 Å². The molecule has 5 heteroatoms. The van der Waals surface area contributed by atoms with Crippen LogP contribution in [-0.2, 0) is 11.3 Å². The topological polar surface area (TPSA) is 75.8 Å². The average Bonchev–Trinajstić information content (AvgIpc) is 2.57. The number of nitrogens with zero attached hydrogens (tertiary/aromatic N) is 1. The van der Waals surface area contributed by atoms with Crippen LogP contribution in [-0.4, -0.2) is 35.6 Å². The third-order valence-electron chi connectivity index (χ3n) is 4.62. The number of aromatic hydroxyl groups is 1. The van der Waals surface area contributed by atoms with Crippen molar-refractivity contribution < 1.29 is 14.6 Å². The van der Waals surface area contributed by atoms with Gasteiger partial charge in [-0.15, -0.1) is 0 Å². The summed E-state index contributed by atoms with van der Waals surface area (Å²) in [7, 11) is 1.62. The van der Waals surface area contributed by atoms with Gasteiger partial charge in [0, 0.05) is 12.1 Å². The number of hydrogen-bond acceptors (Lipinski definition) is 4. The molecule has 1 heterocycles. The van der Waals surface area contributed by atoms with E-state index < -0.39 is 0 Å². The van der Waals surface area contributed by atoms with Crippen LogP contribution in [0.15, 0.2) is 30.3 Å². The molecule has 0 spiro atoms. The first kappa shape index (κ1) is 15.6. The molecule has 0 aromatic heterocycles. The summed E-state index contributed by atoms with van der Waals surface area (Å²) < 4.78 is 5.30. The first-order valence-corrected chi connectivity index (χ1v) is 7.92. The second-order valence-electron chi connectivity index (χ2n) is 6.03. The molecule has 122 valence electrons. The number of primary amides is 1. The molecule has 2 aromatic carbocycles. The number of hydrogen-bond donors (Lipinski definition) is 2. The van der Waals surface area contributed by atoms with Crippen molar-refractivity contribution in [2.24, 2.45) is 5.73 Å². The van der Waals surface area contributed by atoms with E-state index in [0.717, 1.165) is 47.9 Å². The van der Waals surface area contributed by atoms with E-state index >= 15 is 0 Å². The summed E-state index contributed by atoms with van der Waals surface area (Å²) in [6.45, 7) is 1.32. The third kappa shape index (κ3) is 3.10. The molecule has 1 atom stereocenters. The zero-order valence-electron chi connectivity index (χ0n) is 13.3. The van der Waals surface area contributed by atoms with Crippen molar-refractivity contribution >= 4 is 16.7 Å². The van der Waals surface area contributed by atoms with Gasteiger partial charge < -0.3 is 15.6 Å². The number of methoxy groups -OCH3 is 1. The van der Waals surface area contributed by atoms with E-state index in [1.165, 1.54) is 0 Å². The van der Waals surface area contributed by atoms with Gasteiger partial charge in [-0.2, -0.15) is 0 Å². The minimum Gasteiger partial charge on any atom is -0.508 e. The number of rotatable bonds is 4. The Morgan fingerprint density at radius 1 is 1.35 bits per heavy atom. The molecule has 5 nitrogen and oxygen atoms in total. The molecule has 3 N–H and O–H groups in total. The molecule has 0 saturated carbocycles. The Hall–Kier alpha value is -2.27. The Kier molecular flexibility index (Phi) is 4.39. The van der Waals surface area contributed by atoms with Crippen LogP contribution >= 0.6 is 0 Å².